The lowest BCUT2D eigenvalue weighted by atomic mass is 10.2. The van der Waals surface area contributed by atoms with Crippen LogP contribution in [-0.4, -0.2) is 39.0 Å². The van der Waals surface area contributed by atoms with Crippen molar-refractivity contribution in [2.75, 3.05) is 13.2 Å². The molecule has 0 saturated heterocycles. The third kappa shape index (κ3) is 3.79. The highest BCUT2D eigenvalue weighted by molar-refractivity contribution is 5.90. The highest BCUT2D eigenvalue weighted by Gasteiger charge is 2.12. The predicted octanol–water partition coefficient (Wildman–Crippen LogP) is 1.24. The number of para-hydroxylation sites is 1. The van der Waals surface area contributed by atoms with Crippen molar-refractivity contribution < 1.29 is 14.6 Å². The van der Waals surface area contributed by atoms with Crippen molar-refractivity contribution in [3.63, 3.8) is 0 Å². The number of hydrogen-bond donors (Lipinski definition) is 2. The minimum atomic E-state index is -0.994. The van der Waals surface area contributed by atoms with Crippen LogP contribution in [0, 0.1) is 0 Å². The lowest BCUT2D eigenvalue weighted by molar-refractivity contribution is 0.0692. The molecule has 2 rings (SSSR count). The molecule has 7 heteroatoms. The first-order chi connectivity index (χ1) is 10.1. The zero-order valence-corrected chi connectivity index (χ0v) is 12.0. The number of carbonyl (C=O) groups is 1. The van der Waals surface area contributed by atoms with Gasteiger partial charge in [0.1, 0.15) is 30.1 Å². The minimum absolute atomic E-state index is 0.0378. The lowest BCUT2D eigenvalue weighted by Gasteiger charge is -2.14. The van der Waals surface area contributed by atoms with Gasteiger partial charge in [0.05, 0.1) is 6.04 Å². The molecule has 0 fully saturated rings. The van der Waals surface area contributed by atoms with Crippen LogP contribution in [0.5, 0.6) is 5.75 Å². The molecule has 1 heterocycles. The molecule has 1 aromatic heterocycles. The molecule has 21 heavy (non-hydrogen) atoms. The van der Waals surface area contributed by atoms with Gasteiger partial charge in [0.15, 0.2) is 0 Å². The van der Waals surface area contributed by atoms with E-state index in [-0.39, 0.29) is 11.6 Å². The number of nitrogens with zero attached hydrogens (tertiary/aromatic N) is 3. The standard InChI is InChI=1S/C14H18N4O3/c1-10(13-17-16-9-18(13)2)15-7-8-21-12-6-4-3-5-11(12)14(19)20/h3-6,9-10,15H,7-8H2,1-2H3,(H,19,20). The fourth-order valence-electron chi connectivity index (χ4n) is 1.98. The van der Waals surface area contributed by atoms with Gasteiger partial charge in [-0.25, -0.2) is 4.79 Å². The van der Waals surface area contributed by atoms with E-state index < -0.39 is 5.97 Å². The van der Waals surface area contributed by atoms with Crippen molar-refractivity contribution in [1.82, 2.24) is 20.1 Å². The van der Waals surface area contributed by atoms with Crippen LogP contribution in [0.4, 0.5) is 0 Å². The first kappa shape index (κ1) is 15.0. The Bertz CT molecular complexity index is 612. The summed E-state index contributed by atoms with van der Waals surface area (Å²) in [6.45, 7) is 2.92. The monoisotopic (exact) mass is 290 g/mol. The quantitative estimate of drug-likeness (QED) is 0.746. The molecule has 0 saturated carbocycles. The van der Waals surface area contributed by atoms with Gasteiger partial charge in [0.25, 0.3) is 0 Å². The maximum Gasteiger partial charge on any atom is 0.339 e. The Balaban J connectivity index is 1.83. The fourth-order valence-corrected chi connectivity index (χ4v) is 1.98. The molecule has 1 unspecified atom stereocenters. The third-order valence-corrected chi connectivity index (χ3v) is 3.06. The van der Waals surface area contributed by atoms with E-state index in [0.29, 0.717) is 18.9 Å². The molecule has 0 spiro atoms. The smallest absolute Gasteiger partial charge is 0.339 e. The summed E-state index contributed by atoms with van der Waals surface area (Å²) in [7, 11) is 1.88. The molecular weight excluding hydrogens is 272 g/mol. The van der Waals surface area contributed by atoms with E-state index in [1.54, 1.807) is 24.5 Å². The van der Waals surface area contributed by atoms with Gasteiger partial charge in [-0.05, 0) is 19.1 Å². The summed E-state index contributed by atoms with van der Waals surface area (Å²) in [5.74, 6) is 0.213. The number of ether oxygens (including phenoxy) is 1. The number of aryl methyl sites for hydroxylation is 1. The molecule has 0 aliphatic rings. The molecule has 2 N–H and O–H groups in total. The zero-order valence-electron chi connectivity index (χ0n) is 12.0. The first-order valence-electron chi connectivity index (χ1n) is 6.62. The Hall–Kier alpha value is -2.41. The zero-order chi connectivity index (χ0) is 15.2. The van der Waals surface area contributed by atoms with Gasteiger partial charge in [0.2, 0.25) is 0 Å². The van der Waals surface area contributed by atoms with E-state index in [4.69, 9.17) is 9.84 Å². The Labute approximate surface area is 122 Å². The Kier molecular flexibility index (Phi) is 4.89. The van der Waals surface area contributed by atoms with Gasteiger partial charge in [-0.3, -0.25) is 0 Å². The number of nitrogens with one attached hydrogen (secondary N) is 1. The second-order valence-corrected chi connectivity index (χ2v) is 4.63. The van der Waals surface area contributed by atoms with Crippen LogP contribution in [0.1, 0.15) is 29.1 Å². The van der Waals surface area contributed by atoms with Crippen molar-refractivity contribution >= 4 is 5.97 Å². The molecule has 0 amide bonds. The van der Waals surface area contributed by atoms with E-state index in [1.807, 2.05) is 18.5 Å². The van der Waals surface area contributed by atoms with Gasteiger partial charge in [-0.15, -0.1) is 10.2 Å². The van der Waals surface area contributed by atoms with Crippen LogP contribution in [0.2, 0.25) is 0 Å². The summed E-state index contributed by atoms with van der Waals surface area (Å²) in [5, 5.41) is 20.1. The molecule has 2 aromatic rings. The van der Waals surface area contributed by atoms with Crippen LogP contribution in [0.15, 0.2) is 30.6 Å². The number of hydrogen-bond acceptors (Lipinski definition) is 5. The molecule has 112 valence electrons. The molecule has 0 aliphatic carbocycles. The first-order valence-corrected chi connectivity index (χ1v) is 6.62. The molecule has 1 atom stereocenters. The summed E-state index contributed by atoms with van der Waals surface area (Å²) in [6, 6.07) is 6.63. The van der Waals surface area contributed by atoms with Crippen LogP contribution < -0.4 is 10.1 Å². The molecule has 1 aromatic carbocycles. The van der Waals surface area contributed by atoms with Crippen LogP contribution in [0.3, 0.4) is 0 Å². The van der Waals surface area contributed by atoms with E-state index in [0.717, 1.165) is 5.82 Å². The SMILES string of the molecule is CC(NCCOc1ccccc1C(=O)O)c1nncn1C. The van der Waals surface area contributed by atoms with Crippen molar-refractivity contribution in [3.05, 3.63) is 42.0 Å². The van der Waals surface area contributed by atoms with Gasteiger partial charge in [0, 0.05) is 13.6 Å². The Morgan fingerprint density at radius 3 is 2.90 bits per heavy atom. The second-order valence-electron chi connectivity index (χ2n) is 4.63. The highest BCUT2D eigenvalue weighted by Crippen LogP contribution is 2.17. The summed E-state index contributed by atoms with van der Waals surface area (Å²) >= 11 is 0. The van der Waals surface area contributed by atoms with Gasteiger partial charge in [-0.1, -0.05) is 12.1 Å². The number of aromatic nitrogens is 3. The fraction of sp³-hybridized carbons (Fsp3) is 0.357. The van der Waals surface area contributed by atoms with Crippen molar-refractivity contribution in [2.24, 2.45) is 7.05 Å². The average molecular weight is 290 g/mol. The summed E-state index contributed by atoms with van der Waals surface area (Å²) in [5.41, 5.74) is 0.166. The van der Waals surface area contributed by atoms with Gasteiger partial charge in [-0.2, -0.15) is 0 Å². The second kappa shape index (κ2) is 6.85. The number of carboxylic acids is 1. The molecule has 0 aliphatic heterocycles. The van der Waals surface area contributed by atoms with Crippen molar-refractivity contribution in [3.8, 4) is 5.75 Å². The topological polar surface area (TPSA) is 89.3 Å². The van der Waals surface area contributed by atoms with Gasteiger partial charge < -0.3 is 19.7 Å². The van der Waals surface area contributed by atoms with Crippen molar-refractivity contribution in [2.45, 2.75) is 13.0 Å². The largest absolute Gasteiger partial charge is 0.491 e. The summed E-state index contributed by atoms with van der Waals surface area (Å²) in [6.07, 6.45) is 1.65. The van der Waals surface area contributed by atoms with Crippen LogP contribution in [-0.2, 0) is 7.05 Å². The van der Waals surface area contributed by atoms with Gasteiger partial charge >= 0.3 is 5.97 Å². The van der Waals surface area contributed by atoms with Crippen molar-refractivity contribution in [1.29, 1.82) is 0 Å². The van der Waals surface area contributed by atoms with Crippen LogP contribution in [0.25, 0.3) is 0 Å². The average Bonchev–Trinajstić information content (AvgIpc) is 2.90. The molecular formula is C14H18N4O3. The molecule has 7 nitrogen and oxygen atoms in total. The van der Waals surface area contributed by atoms with Crippen LogP contribution >= 0.6 is 0 Å². The maximum atomic E-state index is 11.0. The highest BCUT2D eigenvalue weighted by atomic mass is 16.5. The Morgan fingerprint density at radius 1 is 1.48 bits per heavy atom. The molecule has 0 radical (unpaired) electrons. The predicted molar refractivity (Wildman–Crippen MR) is 76.3 cm³/mol. The Morgan fingerprint density at radius 2 is 2.24 bits per heavy atom. The molecule has 0 bridgehead atoms. The summed E-state index contributed by atoms with van der Waals surface area (Å²) < 4.78 is 7.36. The lowest BCUT2D eigenvalue weighted by Crippen LogP contribution is -2.26. The third-order valence-electron chi connectivity index (χ3n) is 3.06. The van der Waals surface area contributed by atoms with E-state index in [9.17, 15) is 4.79 Å². The van der Waals surface area contributed by atoms with E-state index >= 15 is 0 Å². The number of benzene rings is 1. The number of carboxylic acid groups (broad SMARTS) is 1. The summed E-state index contributed by atoms with van der Waals surface area (Å²) in [4.78, 5) is 11.0. The van der Waals surface area contributed by atoms with E-state index in [1.165, 1.54) is 6.07 Å². The number of aromatic carboxylic acids is 1. The van der Waals surface area contributed by atoms with E-state index in [2.05, 4.69) is 15.5 Å². The minimum Gasteiger partial charge on any atom is -0.491 e. The maximum absolute atomic E-state index is 11.0. The normalized spacial score (nSPS) is 12.1. The number of rotatable bonds is 7.